The average molecular weight is 259 g/mol. The van der Waals surface area contributed by atoms with Crippen LogP contribution in [0.1, 0.15) is 43.1 Å². The largest absolute Gasteiger partial charge is 0.478 e. The minimum atomic E-state index is -0.955. The van der Waals surface area contributed by atoms with Crippen LogP contribution in [-0.2, 0) is 0 Å². The van der Waals surface area contributed by atoms with Gasteiger partial charge in [0.05, 0.1) is 6.04 Å². The fourth-order valence-electron chi connectivity index (χ4n) is 2.12. The van der Waals surface area contributed by atoms with E-state index in [1.54, 1.807) is 35.4 Å². The van der Waals surface area contributed by atoms with Gasteiger partial charge in [-0.25, -0.2) is 4.79 Å². The summed E-state index contributed by atoms with van der Waals surface area (Å²) < 4.78 is 1.76. The summed E-state index contributed by atoms with van der Waals surface area (Å²) in [6.07, 6.45) is 6.74. The molecule has 1 N–H and O–H groups in total. The van der Waals surface area contributed by atoms with E-state index in [0.29, 0.717) is 5.69 Å². The first-order valence-electron chi connectivity index (χ1n) is 6.40. The molecule has 19 heavy (non-hydrogen) atoms. The van der Waals surface area contributed by atoms with Crippen LogP contribution in [0.2, 0.25) is 0 Å². The molecule has 0 spiro atoms. The Bertz CT molecular complexity index is 559. The number of hydrogen-bond donors (Lipinski definition) is 1. The lowest BCUT2D eigenvalue weighted by Crippen LogP contribution is -2.07. The molecule has 0 radical (unpaired) electrons. The lowest BCUT2D eigenvalue weighted by molar-refractivity contribution is 0.0697. The summed E-state index contributed by atoms with van der Waals surface area (Å²) in [7, 11) is 0. The van der Waals surface area contributed by atoms with Crippen LogP contribution in [0.4, 0.5) is 0 Å². The maximum atomic E-state index is 11.3. The molecule has 5 heteroatoms. The fraction of sp³-hybridized carbons (Fsp3) is 0.357. The van der Waals surface area contributed by atoms with Crippen LogP contribution < -0.4 is 0 Å². The molecule has 0 saturated carbocycles. The standard InChI is InChI=1S/C14H17N3O2/c1-3-11(4-2)17-9-12(14(18)19)13(16-17)10-5-7-15-8-6-10/h5-9,11H,3-4H2,1-2H3,(H,18,19). The number of rotatable bonds is 5. The van der Waals surface area contributed by atoms with Gasteiger partial charge in [0.1, 0.15) is 11.3 Å². The predicted octanol–water partition coefficient (Wildman–Crippen LogP) is 3.00. The number of carboxylic acids is 1. The summed E-state index contributed by atoms with van der Waals surface area (Å²) in [6.45, 7) is 4.14. The lowest BCUT2D eigenvalue weighted by atomic mass is 10.1. The minimum absolute atomic E-state index is 0.230. The van der Waals surface area contributed by atoms with Crippen molar-refractivity contribution in [1.29, 1.82) is 0 Å². The molecule has 0 aliphatic carbocycles. The number of aromatic nitrogens is 3. The van der Waals surface area contributed by atoms with E-state index in [1.165, 1.54) is 0 Å². The van der Waals surface area contributed by atoms with Gasteiger partial charge in [-0.15, -0.1) is 0 Å². The fourth-order valence-corrected chi connectivity index (χ4v) is 2.12. The number of aromatic carboxylic acids is 1. The van der Waals surface area contributed by atoms with Crippen molar-refractivity contribution >= 4 is 5.97 Å². The molecule has 0 saturated heterocycles. The second kappa shape index (κ2) is 5.65. The SMILES string of the molecule is CCC(CC)n1cc(C(=O)O)c(-c2ccncc2)n1. The van der Waals surface area contributed by atoms with Crippen LogP contribution >= 0.6 is 0 Å². The summed E-state index contributed by atoms with van der Waals surface area (Å²) >= 11 is 0. The smallest absolute Gasteiger partial charge is 0.339 e. The first-order chi connectivity index (χ1) is 9.17. The normalized spacial score (nSPS) is 10.9. The van der Waals surface area contributed by atoms with Gasteiger partial charge in [-0.2, -0.15) is 5.10 Å². The third kappa shape index (κ3) is 2.65. The molecule has 0 aliphatic rings. The van der Waals surface area contributed by atoms with Gasteiger partial charge in [-0.3, -0.25) is 9.67 Å². The van der Waals surface area contributed by atoms with Crippen LogP contribution in [0.15, 0.2) is 30.7 Å². The quantitative estimate of drug-likeness (QED) is 0.896. The van der Waals surface area contributed by atoms with Crippen LogP contribution in [0, 0.1) is 0 Å². The Morgan fingerprint density at radius 3 is 2.47 bits per heavy atom. The molecule has 2 aromatic rings. The van der Waals surface area contributed by atoms with Crippen molar-refractivity contribution < 1.29 is 9.90 Å². The number of pyridine rings is 1. The molecule has 2 aromatic heterocycles. The highest BCUT2D eigenvalue weighted by atomic mass is 16.4. The Morgan fingerprint density at radius 1 is 1.32 bits per heavy atom. The maximum absolute atomic E-state index is 11.3. The summed E-state index contributed by atoms with van der Waals surface area (Å²) in [4.78, 5) is 15.3. The number of carbonyl (C=O) groups is 1. The lowest BCUT2D eigenvalue weighted by Gasteiger charge is -2.12. The Kier molecular flexibility index (Phi) is 3.94. The number of hydrogen-bond acceptors (Lipinski definition) is 3. The van der Waals surface area contributed by atoms with E-state index < -0.39 is 5.97 Å². The average Bonchev–Trinajstić information content (AvgIpc) is 2.86. The summed E-state index contributed by atoms with van der Waals surface area (Å²) in [5.41, 5.74) is 1.51. The number of carboxylic acid groups (broad SMARTS) is 1. The monoisotopic (exact) mass is 259 g/mol. The van der Waals surface area contributed by atoms with Crippen LogP contribution in [0.3, 0.4) is 0 Å². The van der Waals surface area contributed by atoms with Gasteiger partial charge >= 0.3 is 5.97 Å². The Hall–Kier alpha value is -2.17. The third-order valence-electron chi connectivity index (χ3n) is 3.23. The van der Waals surface area contributed by atoms with E-state index in [9.17, 15) is 9.90 Å². The van der Waals surface area contributed by atoms with Crippen molar-refractivity contribution in [3.63, 3.8) is 0 Å². The molecule has 2 rings (SSSR count). The highest BCUT2D eigenvalue weighted by molar-refractivity contribution is 5.94. The molecule has 2 heterocycles. The maximum Gasteiger partial charge on any atom is 0.339 e. The van der Waals surface area contributed by atoms with Crippen LogP contribution in [0.25, 0.3) is 11.3 Å². The highest BCUT2D eigenvalue weighted by Gasteiger charge is 2.19. The molecular formula is C14H17N3O2. The van der Waals surface area contributed by atoms with Crippen molar-refractivity contribution in [2.75, 3.05) is 0 Å². The van der Waals surface area contributed by atoms with Crippen molar-refractivity contribution in [2.24, 2.45) is 0 Å². The van der Waals surface area contributed by atoms with Gasteiger partial charge in [0.25, 0.3) is 0 Å². The molecule has 0 unspecified atom stereocenters. The molecule has 0 bridgehead atoms. The molecule has 0 aromatic carbocycles. The molecule has 0 aliphatic heterocycles. The van der Waals surface area contributed by atoms with E-state index >= 15 is 0 Å². The zero-order chi connectivity index (χ0) is 13.8. The van der Waals surface area contributed by atoms with E-state index in [1.807, 2.05) is 0 Å². The van der Waals surface area contributed by atoms with Gasteiger partial charge in [-0.1, -0.05) is 13.8 Å². The number of nitrogens with zero attached hydrogens (tertiary/aromatic N) is 3. The highest BCUT2D eigenvalue weighted by Crippen LogP contribution is 2.24. The predicted molar refractivity (Wildman–Crippen MR) is 72.0 cm³/mol. The van der Waals surface area contributed by atoms with Crippen LogP contribution in [0.5, 0.6) is 0 Å². The Labute approximate surface area is 111 Å². The van der Waals surface area contributed by atoms with E-state index in [0.717, 1.165) is 18.4 Å². The molecular weight excluding hydrogens is 242 g/mol. The second-order valence-corrected chi connectivity index (χ2v) is 4.38. The van der Waals surface area contributed by atoms with E-state index in [4.69, 9.17) is 0 Å². The van der Waals surface area contributed by atoms with Crippen molar-refractivity contribution in [3.05, 3.63) is 36.3 Å². The summed E-state index contributed by atoms with van der Waals surface area (Å²) in [6, 6.07) is 3.77. The molecule has 5 nitrogen and oxygen atoms in total. The zero-order valence-electron chi connectivity index (χ0n) is 11.1. The first-order valence-corrected chi connectivity index (χ1v) is 6.40. The van der Waals surface area contributed by atoms with Gasteiger partial charge in [-0.05, 0) is 25.0 Å². The van der Waals surface area contributed by atoms with Crippen molar-refractivity contribution in [1.82, 2.24) is 14.8 Å². The van der Waals surface area contributed by atoms with E-state index in [2.05, 4.69) is 23.9 Å². The first kappa shape index (κ1) is 13.3. The van der Waals surface area contributed by atoms with E-state index in [-0.39, 0.29) is 11.6 Å². The molecule has 0 atom stereocenters. The second-order valence-electron chi connectivity index (χ2n) is 4.38. The van der Waals surface area contributed by atoms with Crippen LogP contribution in [-0.4, -0.2) is 25.8 Å². The van der Waals surface area contributed by atoms with Gasteiger partial charge in [0.2, 0.25) is 0 Å². The zero-order valence-corrected chi connectivity index (χ0v) is 11.1. The summed E-state index contributed by atoms with van der Waals surface area (Å²) in [5, 5.41) is 13.8. The Balaban J connectivity index is 2.51. The molecule has 100 valence electrons. The summed E-state index contributed by atoms with van der Waals surface area (Å²) in [5.74, 6) is -0.955. The topological polar surface area (TPSA) is 68.0 Å². The van der Waals surface area contributed by atoms with Gasteiger partial charge in [0.15, 0.2) is 0 Å². The molecule has 0 fully saturated rings. The minimum Gasteiger partial charge on any atom is -0.478 e. The van der Waals surface area contributed by atoms with Crippen molar-refractivity contribution in [2.45, 2.75) is 32.7 Å². The van der Waals surface area contributed by atoms with Crippen molar-refractivity contribution in [3.8, 4) is 11.3 Å². The molecule has 0 amide bonds. The Morgan fingerprint density at radius 2 is 1.95 bits per heavy atom. The van der Waals surface area contributed by atoms with Gasteiger partial charge in [0, 0.05) is 24.2 Å². The third-order valence-corrected chi connectivity index (χ3v) is 3.23. The van der Waals surface area contributed by atoms with Gasteiger partial charge < -0.3 is 5.11 Å².